The van der Waals surface area contributed by atoms with Crippen molar-refractivity contribution < 1.29 is 0 Å². The minimum absolute atomic E-state index is 0.404. The quantitative estimate of drug-likeness (QED) is 0.893. The molecule has 3 rings (SSSR count). The second kappa shape index (κ2) is 5.23. The van der Waals surface area contributed by atoms with Crippen molar-refractivity contribution >= 4 is 11.6 Å². The molecule has 1 saturated carbocycles. The van der Waals surface area contributed by atoms with E-state index in [1.54, 1.807) is 0 Å². The highest BCUT2D eigenvalue weighted by Gasteiger charge is 2.32. The van der Waals surface area contributed by atoms with Gasteiger partial charge in [0.05, 0.1) is 0 Å². The van der Waals surface area contributed by atoms with E-state index in [0.717, 1.165) is 43.5 Å². The second-order valence-corrected chi connectivity index (χ2v) is 7.01. The van der Waals surface area contributed by atoms with E-state index in [4.69, 9.17) is 9.97 Å². The lowest BCUT2D eigenvalue weighted by Gasteiger charge is -2.21. The van der Waals surface area contributed by atoms with Crippen molar-refractivity contribution in [3.8, 4) is 0 Å². The van der Waals surface area contributed by atoms with Gasteiger partial charge in [0.15, 0.2) is 0 Å². The Labute approximate surface area is 122 Å². The Balaban J connectivity index is 1.83. The minimum Gasteiger partial charge on any atom is -0.370 e. The maximum absolute atomic E-state index is 4.83. The van der Waals surface area contributed by atoms with Crippen LogP contribution < -0.4 is 10.2 Å². The van der Waals surface area contributed by atoms with Crippen LogP contribution in [0.15, 0.2) is 6.07 Å². The first-order valence-electron chi connectivity index (χ1n) is 7.95. The normalized spacial score (nSPS) is 21.2. The van der Waals surface area contributed by atoms with Crippen LogP contribution in [0.4, 0.5) is 11.6 Å². The van der Waals surface area contributed by atoms with Gasteiger partial charge in [-0.1, -0.05) is 20.8 Å². The van der Waals surface area contributed by atoms with Crippen molar-refractivity contribution in [3.63, 3.8) is 0 Å². The zero-order valence-electron chi connectivity index (χ0n) is 12.9. The summed E-state index contributed by atoms with van der Waals surface area (Å²) in [7, 11) is 0. The topological polar surface area (TPSA) is 41.0 Å². The molecule has 2 heterocycles. The highest BCUT2D eigenvalue weighted by molar-refractivity contribution is 5.51. The van der Waals surface area contributed by atoms with E-state index in [2.05, 4.69) is 37.1 Å². The van der Waals surface area contributed by atoms with Gasteiger partial charge in [0.25, 0.3) is 0 Å². The predicted molar refractivity (Wildman–Crippen MR) is 83.4 cm³/mol. The third-order valence-corrected chi connectivity index (χ3v) is 4.23. The molecule has 0 radical (unpaired) electrons. The SMILES string of the molecule is CCCNc1cc(N2CCC(C)(C)C2)nc(C2CC2)n1. The molecule has 4 heteroatoms. The molecule has 110 valence electrons. The van der Waals surface area contributed by atoms with E-state index in [1.807, 2.05) is 0 Å². The summed E-state index contributed by atoms with van der Waals surface area (Å²) in [6.07, 6.45) is 4.87. The smallest absolute Gasteiger partial charge is 0.136 e. The van der Waals surface area contributed by atoms with E-state index >= 15 is 0 Å². The summed E-state index contributed by atoms with van der Waals surface area (Å²) in [5.74, 6) is 3.77. The van der Waals surface area contributed by atoms with Crippen LogP contribution >= 0.6 is 0 Å². The van der Waals surface area contributed by atoms with Crippen molar-refractivity contribution in [2.75, 3.05) is 29.9 Å². The van der Waals surface area contributed by atoms with Crippen molar-refractivity contribution in [1.82, 2.24) is 9.97 Å². The fraction of sp³-hybridized carbons (Fsp3) is 0.750. The van der Waals surface area contributed by atoms with Gasteiger partial charge in [0.1, 0.15) is 17.5 Å². The number of hydrogen-bond donors (Lipinski definition) is 1. The maximum atomic E-state index is 4.83. The number of nitrogens with one attached hydrogen (secondary N) is 1. The number of anilines is 2. The van der Waals surface area contributed by atoms with Crippen LogP contribution in [0, 0.1) is 5.41 Å². The lowest BCUT2D eigenvalue weighted by molar-refractivity contribution is 0.418. The molecule has 0 amide bonds. The van der Waals surface area contributed by atoms with Crippen LogP contribution in [-0.4, -0.2) is 29.6 Å². The molecule has 4 nitrogen and oxygen atoms in total. The monoisotopic (exact) mass is 274 g/mol. The van der Waals surface area contributed by atoms with Crippen LogP contribution in [0.25, 0.3) is 0 Å². The van der Waals surface area contributed by atoms with Crippen molar-refractivity contribution in [2.45, 2.75) is 52.4 Å². The number of aromatic nitrogens is 2. The van der Waals surface area contributed by atoms with Gasteiger partial charge < -0.3 is 10.2 Å². The van der Waals surface area contributed by atoms with E-state index < -0.39 is 0 Å². The Hall–Kier alpha value is -1.32. The van der Waals surface area contributed by atoms with E-state index in [-0.39, 0.29) is 0 Å². The van der Waals surface area contributed by atoms with Gasteiger partial charge in [0.2, 0.25) is 0 Å². The van der Waals surface area contributed by atoms with Gasteiger partial charge >= 0.3 is 0 Å². The average molecular weight is 274 g/mol. The molecule has 1 aliphatic carbocycles. The summed E-state index contributed by atoms with van der Waals surface area (Å²) < 4.78 is 0. The van der Waals surface area contributed by atoms with E-state index in [9.17, 15) is 0 Å². The Bertz CT molecular complexity index is 479. The number of hydrogen-bond acceptors (Lipinski definition) is 4. The molecule has 0 unspecified atom stereocenters. The molecule has 0 spiro atoms. The fourth-order valence-corrected chi connectivity index (χ4v) is 2.79. The lowest BCUT2D eigenvalue weighted by Crippen LogP contribution is -2.24. The zero-order chi connectivity index (χ0) is 14.2. The molecule has 0 atom stereocenters. The molecule has 1 aromatic rings. The van der Waals surface area contributed by atoms with Crippen molar-refractivity contribution in [1.29, 1.82) is 0 Å². The molecule has 1 saturated heterocycles. The first kappa shape index (κ1) is 13.7. The summed E-state index contributed by atoms with van der Waals surface area (Å²) in [4.78, 5) is 11.9. The molecular weight excluding hydrogens is 248 g/mol. The van der Waals surface area contributed by atoms with Gasteiger partial charge in [-0.25, -0.2) is 9.97 Å². The second-order valence-electron chi connectivity index (χ2n) is 7.01. The average Bonchev–Trinajstić information content (AvgIpc) is 3.20. The first-order chi connectivity index (χ1) is 9.57. The largest absolute Gasteiger partial charge is 0.370 e. The Morgan fingerprint density at radius 2 is 2.15 bits per heavy atom. The fourth-order valence-electron chi connectivity index (χ4n) is 2.79. The van der Waals surface area contributed by atoms with Crippen molar-refractivity contribution in [3.05, 3.63) is 11.9 Å². The van der Waals surface area contributed by atoms with E-state index in [1.165, 1.54) is 19.3 Å². The molecule has 1 aliphatic heterocycles. The molecule has 0 aromatic carbocycles. The van der Waals surface area contributed by atoms with Crippen molar-refractivity contribution in [2.24, 2.45) is 5.41 Å². The van der Waals surface area contributed by atoms with Crippen LogP contribution in [0.1, 0.15) is 58.2 Å². The molecule has 1 aromatic heterocycles. The lowest BCUT2D eigenvalue weighted by atomic mass is 9.93. The first-order valence-corrected chi connectivity index (χ1v) is 7.95. The summed E-state index contributed by atoms with van der Waals surface area (Å²) in [5, 5.41) is 3.42. The third kappa shape index (κ3) is 3.05. The molecular formula is C16H26N4. The summed E-state index contributed by atoms with van der Waals surface area (Å²) in [6, 6.07) is 2.13. The van der Waals surface area contributed by atoms with E-state index in [0.29, 0.717) is 11.3 Å². The third-order valence-electron chi connectivity index (χ3n) is 4.23. The van der Waals surface area contributed by atoms with Gasteiger partial charge in [-0.05, 0) is 31.1 Å². The molecule has 20 heavy (non-hydrogen) atoms. The highest BCUT2D eigenvalue weighted by Crippen LogP contribution is 2.40. The van der Waals surface area contributed by atoms with Gasteiger partial charge in [0, 0.05) is 31.6 Å². The predicted octanol–water partition coefficient (Wildman–Crippen LogP) is 3.41. The van der Waals surface area contributed by atoms with Gasteiger partial charge in [-0.15, -0.1) is 0 Å². The minimum atomic E-state index is 0.404. The standard InChI is InChI=1S/C16H26N4/c1-4-8-17-13-10-14(19-15(18-13)12-5-6-12)20-9-7-16(2,3)11-20/h10,12H,4-9,11H2,1-3H3,(H,17,18,19). The van der Waals surface area contributed by atoms with Gasteiger partial charge in [-0.3, -0.25) is 0 Å². The Morgan fingerprint density at radius 1 is 1.35 bits per heavy atom. The molecule has 0 bridgehead atoms. The molecule has 1 N–H and O–H groups in total. The number of nitrogens with zero attached hydrogens (tertiary/aromatic N) is 3. The summed E-state index contributed by atoms with van der Waals surface area (Å²) in [6.45, 7) is 10.0. The van der Waals surface area contributed by atoms with Crippen LogP contribution in [-0.2, 0) is 0 Å². The van der Waals surface area contributed by atoms with Gasteiger partial charge in [-0.2, -0.15) is 0 Å². The van der Waals surface area contributed by atoms with Crippen LogP contribution in [0.3, 0.4) is 0 Å². The molecule has 2 aliphatic rings. The Morgan fingerprint density at radius 3 is 2.75 bits per heavy atom. The highest BCUT2D eigenvalue weighted by atomic mass is 15.2. The van der Waals surface area contributed by atoms with Crippen LogP contribution in [0.2, 0.25) is 0 Å². The van der Waals surface area contributed by atoms with Crippen LogP contribution in [0.5, 0.6) is 0 Å². The zero-order valence-corrected chi connectivity index (χ0v) is 12.9. The molecule has 2 fully saturated rings. The Kier molecular flexibility index (Phi) is 3.57. The summed E-state index contributed by atoms with van der Waals surface area (Å²) >= 11 is 0. The number of rotatable bonds is 5. The summed E-state index contributed by atoms with van der Waals surface area (Å²) in [5.41, 5.74) is 0.404. The maximum Gasteiger partial charge on any atom is 0.136 e.